The largest absolute Gasteiger partial charge is 0.324 e. The molecule has 0 unspecified atom stereocenters. The molecule has 0 spiro atoms. The summed E-state index contributed by atoms with van der Waals surface area (Å²) in [4.78, 5) is 22.1. The Labute approximate surface area is 112 Å². The Hall–Kier alpha value is -2.22. The maximum atomic E-state index is 11.9. The SMILES string of the molecule is CC(C)c1cc(NC(=O)c2ccc([N+](=O)[O-])s2)n[nH]1. The zero-order valence-corrected chi connectivity index (χ0v) is 11.2. The number of hydrogen-bond donors (Lipinski definition) is 2. The van der Waals surface area contributed by atoms with E-state index < -0.39 is 10.8 Å². The average molecular weight is 280 g/mol. The molecule has 0 bridgehead atoms. The number of aromatic nitrogens is 2. The van der Waals surface area contributed by atoms with Gasteiger partial charge in [-0.1, -0.05) is 25.2 Å². The smallest absolute Gasteiger partial charge is 0.304 e. The predicted octanol–water partition coefficient (Wildman–Crippen LogP) is 2.76. The molecule has 19 heavy (non-hydrogen) atoms. The molecule has 2 heterocycles. The second-order valence-corrected chi connectivity index (χ2v) is 5.27. The second kappa shape index (κ2) is 5.19. The van der Waals surface area contributed by atoms with Crippen LogP contribution in [0.2, 0.25) is 0 Å². The highest BCUT2D eigenvalue weighted by molar-refractivity contribution is 7.17. The van der Waals surface area contributed by atoms with Crippen molar-refractivity contribution in [2.45, 2.75) is 19.8 Å². The average Bonchev–Trinajstić information content (AvgIpc) is 2.96. The van der Waals surface area contributed by atoms with Gasteiger partial charge in [-0.15, -0.1) is 0 Å². The molecule has 0 fully saturated rings. The van der Waals surface area contributed by atoms with Gasteiger partial charge in [-0.2, -0.15) is 5.10 Å². The van der Waals surface area contributed by atoms with Crippen molar-refractivity contribution in [1.29, 1.82) is 0 Å². The molecule has 0 aliphatic carbocycles. The Bertz CT molecular complexity index is 617. The Morgan fingerprint density at radius 3 is 2.79 bits per heavy atom. The third-order valence-electron chi connectivity index (χ3n) is 2.46. The second-order valence-electron chi connectivity index (χ2n) is 4.21. The van der Waals surface area contributed by atoms with Crippen LogP contribution >= 0.6 is 11.3 Å². The summed E-state index contributed by atoms with van der Waals surface area (Å²) in [6, 6.07) is 4.47. The Morgan fingerprint density at radius 2 is 2.26 bits per heavy atom. The quantitative estimate of drug-likeness (QED) is 0.664. The lowest BCUT2D eigenvalue weighted by Crippen LogP contribution is -2.10. The normalized spacial score (nSPS) is 10.7. The summed E-state index contributed by atoms with van der Waals surface area (Å²) in [5, 5.41) is 19.8. The molecule has 0 aromatic carbocycles. The summed E-state index contributed by atoms with van der Waals surface area (Å²) in [6.45, 7) is 4.00. The van der Waals surface area contributed by atoms with Gasteiger partial charge in [0.05, 0.1) is 9.80 Å². The molecule has 2 N–H and O–H groups in total. The van der Waals surface area contributed by atoms with Crippen molar-refractivity contribution in [3.05, 3.63) is 38.9 Å². The van der Waals surface area contributed by atoms with Crippen LogP contribution in [0.5, 0.6) is 0 Å². The summed E-state index contributed by atoms with van der Waals surface area (Å²) in [5.41, 5.74) is 0.910. The van der Waals surface area contributed by atoms with E-state index in [1.54, 1.807) is 6.07 Å². The van der Waals surface area contributed by atoms with Gasteiger partial charge in [0.1, 0.15) is 0 Å². The topological polar surface area (TPSA) is 101 Å². The number of nitro groups is 1. The first-order valence-corrected chi connectivity index (χ1v) is 6.40. The molecule has 8 heteroatoms. The van der Waals surface area contributed by atoms with E-state index in [2.05, 4.69) is 15.5 Å². The van der Waals surface area contributed by atoms with E-state index in [9.17, 15) is 14.9 Å². The van der Waals surface area contributed by atoms with Crippen LogP contribution in [-0.2, 0) is 0 Å². The van der Waals surface area contributed by atoms with Crippen molar-refractivity contribution in [3.8, 4) is 0 Å². The zero-order valence-electron chi connectivity index (χ0n) is 10.3. The minimum Gasteiger partial charge on any atom is -0.304 e. The molecule has 1 amide bonds. The first kappa shape index (κ1) is 13.2. The van der Waals surface area contributed by atoms with Gasteiger partial charge in [0.25, 0.3) is 5.91 Å². The Morgan fingerprint density at radius 1 is 1.53 bits per heavy atom. The molecule has 7 nitrogen and oxygen atoms in total. The van der Waals surface area contributed by atoms with Crippen LogP contribution in [0.3, 0.4) is 0 Å². The standard InChI is InChI=1S/C11H12N4O3S/c1-6(2)7-5-9(14-13-7)12-11(16)8-3-4-10(19-8)15(17)18/h3-6H,1-2H3,(H2,12,13,14,16). The van der Waals surface area contributed by atoms with E-state index in [4.69, 9.17) is 0 Å². The number of hydrogen-bond acceptors (Lipinski definition) is 5. The number of amides is 1. The van der Waals surface area contributed by atoms with Crippen LogP contribution in [-0.4, -0.2) is 21.0 Å². The van der Waals surface area contributed by atoms with E-state index in [0.29, 0.717) is 5.82 Å². The molecule has 2 rings (SSSR count). The molecule has 0 atom stereocenters. The number of carbonyl (C=O) groups is 1. The summed E-state index contributed by atoms with van der Waals surface area (Å²) in [6.07, 6.45) is 0. The number of rotatable bonds is 4. The van der Waals surface area contributed by atoms with Crippen molar-refractivity contribution < 1.29 is 9.72 Å². The fourth-order valence-electron chi connectivity index (χ4n) is 1.42. The van der Waals surface area contributed by atoms with Crippen LogP contribution in [0, 0.1) is 10.1 Å². The number of aromatic amines is 1. The molecule has 0 saturated carbocycles. The number of H-pyrrole nitrogens is 1. The molecule has 0 saturated heterocycles. The van der Waals surface area contributed by atoms with E-state index in [0.717, 1.165) is 17.0 Å². The first-order valence-electron chi connectivity index (χ1n) is 5.58. The van der Waals surface area contributed by atoms with Crippen molar-refractivity contribution in [2.75, 3.05) is 5.32 Å². The molecular formula is C11H12N4O3S. The van der Waals surface area contributed by atoms with Gasteiger partial charge in [0.2, 0.25) is 0 Å². The van der Waals surface area contributed by atoms with Crippen molar-refractivity contribution in [1.82, 2.24) is 10.2 Å². The maximum Gasteiger partial charge on any atom is 0.324 e. The molecule has 2 aromatic rings. The lowest BCUT2D eigenvalue weighted by atomic mass is 10.1. The third-order valence-corrected chi connectivity index (χ3v) is 3.49. The highest BCUT2D eigenvalue weighted by Crippen LogP contribution is 2.24. The minimum atomic E-state index is -0.521. The summed E-state index contributed by atoms with van der Waals surface area (Å²) < 4.78 is 0. The fourth-order valence-corrected chi connectivity index (χ4v) is 2.14. The van der Waals surface area contributed by atoms with Crippen molar-refractivity contribution in [3.63, 3.8) is 0 Å². The number of nitrogens with one attached hydrogen (secondary N) is 2. The Kier molecular flexibility index (Phi) is 3.61. The third kappa shape index (κ3) is 2.97. The number of nitrogens with zero attached hydrogens (tertiary/aromatic N) is 2. The lowest BCUT2D eigenvalue weighted by molar-refractivity contribution is -0.380. The van der Waals surface area contributed by atoms with Crippen LogP contribution in [0.4, 0.5) is 10.8 Å². The van der Waals surface area contributed by atoms with E-state index in [-0.39, 0.29) is 15.8 Å². The van der Waals surface area contributed by atoms with Gasteiger partial charge in [0.15, 0.2) is 5.82 Å². The highest BCUT2D eigenvalue weighted by atomic mass is 32.1. The Balaban J connectivity index is 2.09. The van der Waals surface area contributed by atoms with Crippen LogP contribution in [0.15, 0.2) is 18.2 Å². The van der Waals surface area contributed by atoms with Gasteiger partial charge in [-0.25, -0.2) is 0 Å². The van der Waals surface area contributed by atoms with Crippen LogP contribution in [0.25, 0.3) is 0 Å². The number of anilines is 1. The minimum absolute atomic E-state index is 0.0601. The zero-order chi connectivity index (χ0) is 14.0. The maximum absolute atomic E-state index is 11.9. The van der Waals surface area contributed by atoms with Crippen LogP contribution in [0.1, 0.15) is 35.1 Å². The van der Waals surface area contributed by atoms with Gasteiger partial charge in [-0.3, -0.25) is 20.0 Å². The van der Waals surface area contributed by atoms with E-state index in [1.165, 1.54) is 12.1 Å². The number of thiophene rings is 1. The monoisotopic (exact) mass is 280 g/mol. The molecule has 2 aromatic heterocycles. The van der Waals surface area contributed by atoms with Gasteiger partial charge in [0, 0.05) is 17.8 Å². The van der Waals surface area contributed by atoms with Crippen LogP contribution < -0.4 is 5.32 Å². The lowest BCUT2D eigenvalue weighted by Gasteiger charge is -1.98. The van der Waals surface area contributed by atoms with E-state index in [1.807, 2.05) is 13.8 Å². The summed E-state index contributed by atoms with van der Waals surface area (Å²) >= 11 is 0.832. The highest BCUT2D eigenvalue weighted by Gasteiger charge is 2.16. The molecule has 0 radical (unpaired) electrons. The number of carbonyl (C=O) groups excluding carboxylic acids is 1. The summed E-state index contributed by atoms with van der Waals surface area (Å²) in [5.74, 6) is 0.283. The molecule has 0 aliphatic heterocycles. The van der Waals surface area contributed by atoms with Gasteiger partial charge in [-0.05, 0) is 12.0 Å². The fraction of sp³-hybridized carbons (Fsp3) is 0.273. The molecule has 100 valence electrons. The van der Waals surface area contributed by atoms with Gasteiger partial charge >= 0.3 is 5.00 Å². The first-order chi connectivity index (χ1) is 8.97. The van der Waals surface area contributed by atoms with Crippen molar-refractivity contribution >= 4 is 28.1 Å². The van der Waals surface area contributed by atoms with Crippen molar-refractivity contribution in [2.24, 2.45) is 0 Å². The molecular weight excluding hydrogens is 268 g/mol. The van der Waals surface area contributed by atoms with E-state index >= 15 is 0 Å². The molecule has 0 aliphatic rings. The van der Waals surface area contributed by atoms with Gasteiger partial charge < -0.3 is 5.32 Å². The predicted molar refractivity (Wildman–Crippen MR) is 71.6 cm³/mol. The summed E-state index contributed by atoms with van der Waals surface area (Å²) in [7, 11) is 0.